The van der Waals surface area contributed by atoms with E-state index >= 15 is 0 Å². The van der Waals surface area contributed by atoms with Gasteiger partial charge in [0.1, 0.15) is 0 Å². The molecule has 0 saturated carbocycles. The summed E-state index contributed by atoms with van der Waals surface area (Å²) in [6.07, 6.45) is 3.27. The van der Waals surface area contributed by atoms with Crippen molar-refractivity contribution in [1.29, 1.82) is 0 Å². The van der Waals surface area contributed by atoms with Gasteiger partial charge >= 0.3 is 0 Å². The fourth-order valence-electron chi connectivity index (χ4n) is 2.66. The fourth-order valence-corrected chi connectivity index (χ4v) is 2.94. The van der Waals surface area contributed by atoms with Gasteiger partial charge in [0.05, 0.1) is 28.2 Å². The number of carbonyl (C=O) groups is 1. The zero-order valence-corrected chi connectivity index (χ0v) is 15.1. The van der Waals surface area contributed by atoms with E-state index in [-0.39, 0.29) is 11.8 Å². The number of anilines is 1. The maximum absolute atomic E-state index is 12.8. The molecule has 3 rings (SSSR count). The lowest BCUT2D eigenvalue weighted by Gasteiger charge is -2.13. The first-order valence-corrected chi connectivity index (χ1v) is 8.42. The van der Waals surface area contributed by atoms with Gasteiger partial charge < -0.3 is 5.32 Å². The Bertz CT molecular complexity index is 903. The molecular weight excluding hydrogens is 336 g/mol. The molecular formula is C19H19ClN4O. The minimum absolute atomic E-state index is 0.0961. The summed E-state index contributed by atoms with van der Waals surface area (Å²) in [6, 6.07) is 11.1. The standard InChI is InChI=1S/C19H19ClN4O/c1-12(2)18-14(11-22-24(18)17-6-4-5-9-21-17)19(25)23-16-8-7-13(3)10-15(16)20/h4-12H,1-3H3,(H,23,25). The van der Waals surface area contributed by atoms with E-state index in [0.717, 1.165) is 11.3 Å². The molecule has 0 aliphatic heterocycles. The summed E-state index contributed by atoms with van der Waals surface area (Å²) in [7, 11) is 0. The predicted molar refractivity (Wildman–Crippen MR) is 99.6 cm³/mol. The second-order valence-corrected chi connectivity index (χ2v) is 6.54. The number of amides is 1. The molecule has 0 aliphatic carbocycles. The Morgan fingerprint density at radius 3 is 2.68 bits per heavy atom. The molecule has 0 saturated heterocycles. The van der Waals surface area contributed by atoms with Crippen LogP contribution in [0.5, 0.6) is 0 Å². The van der Waals surface area contributed by atoms with Gasteiger partial charge in [-0.15, -0.1) is 0 Å². The summed E-state index contributed by atoms with van der Waals surface area (Å²) in [4.78, 5) is 17.1. The topological polar surface area (TPSA) is 59.8 Å². The van der Waals surface area contributed by atoms with Crippen LogP contribution in [0.15, 0.2) is 48.8 Å². The number of carbonyl (C=O) groups excluding carboxylic acids is 1. The Hall–Kier alpha value is -2.66. The van der Waals surface area contributed by atoms with Crippen molar-refractivity contribution in [2.24, 2.45) is 0 Å². The highest BCUT2D eigenvalue weighted by molar-refractivity contribution is 6.34. The van der Waals surface area contributed by atoms with E-state index in [1.54, 1.807) is 23.1 Å². The lowest BCUT2D eigenvalue weighted by molar-refractivity contribution is 0.102. The van der Waals surface area contributed by atoms with Crippen LogP contribution in [0, 0.1) is 6.92 Å². The third-order valence-corrected chi connectivity index (χ3v) is 4.15. The number of aryl methyl sites for hydroxylation is 1. The molecule has 0 unspecified atom stereocenters. The van der Waals surface area contributed by atoms with Crippen LogP contribution in [0.2, 0.25) is 5.02 Å². The van der Waals surface area contributed by atoms with E-state index in [0.29, 0.717) is 22.1 Å². The Morgan fingerprint density at radius 2 is 2.04 bits per heavy atom. The molecule has 0 spiro atoms. The first-order chi connectivity index (χ1) is 12.0. The van der Waals surface area contributed by atoms with Crippen LogP contribution in [0.1, 0.15) is 41.4 Å². The number of aromatic nitrogens is 3. The summed E-state index contributed by atoms with van der Waals surface area (Å²) in [5.41, 5.74) is 2.93. The quantitative estimate of drug-likeness (QED) is 0.744. The third-order valence-electron chi connectivity index (χ3n) is 3.84. The number of hydrogen-bond donors (Lipinski definition) is 1. The Morgan fingerprint density at radius 1 is 1.24 bits per heavy atom. The van der Waals surface area contributed by atoms with E-state index in [2.05, 4.69) is 15.4 Å². The summed E-state index contributed by atoms with van der Waals surface area (Å²) in [5.74, 6) is 0.536. The van der Waals surface area contributed by atoms with Crippen LogP contribution in [0.3, 0.4) is 0 Å². The third kappa shape index (κ3) is 3.56. The second kappa shape index (κ2) is 7.07. The molecule has 0 atom stereocenters. The van der Waals surface area contributed by atoms with Crippen molar-refractivity contribution in [3.05, 3.63) is 70.6 Å². The largest absolute Gasteiger partial charge is 0.321 e. The normalized spacial score (nSPS) is 10.9. The molecule has 2 aromatic heterocycles. The van der Waals surface area contributed by atoms with Crippen LogP contribution in [0.25, 0.3) is 5.82 Å². The van der Waals surface area contributed by atoms with Crippen molar-refractivity contribution in [2.75, 3.05) is 5.32 Å². The number of hydrogen-bond acceptors (Lipinski definition) is 3. The van der Waals surface area contributed by atoms with Crippen molar-refractivity contribution < 1.29 is 4.79 Å². The number of nitrogens with zero attached hydrogens (tertiary/aromatic N) is 3. The lowest BCUT2D eigenvalue weighted by Crippen LogP contribution is -2.16. The lowest BCUT2D eigenvalue weighted by atomic mass is 10.1. The van der Waals surface area contributed by atoms with Crippen LogP contribution in [-0.2, 0) is 0 Å². The number of pyridine rings is 1. The number of halogens is 1. The molecule has 1 amide bonds. The molecule has 25 heavy (non-hydrogen) atoms. The average molecular weight is 355 g/mol. The SMILES string of the molecule is Cc1ccc(NC(=O)c2cnn(-c3ccccn3)c2C(C)C)c(Cl)c1. The second-order valence-electron chi connectivity index (χ2n) is 6.14. The zero-order valence-electron chi connectivity index (χ0n) is 14.3. The maximum Gasteiger partial charge on any atom is 0.259 e. The van der Waals surface area contributed by atoms with E-state index in [1.165, 1.54) is 0 Å². The highest BCUT2D eigenvalue weighted by atomic mass is 35.5. The molecule has 1 N–H and O–H groups in total. The van der Waals surface area contributed by atoms with Crippen LogP contribution >= 0.6 is 11.6 Å². The molecule has 0 bridgehead atoms. The molecule has 1 aromatic carbocycles. The highest BCUT2D eigenvalue weighted by Gasteiger charge is 2.21. The van der Waals surface area contributed by atoms with Gasteiger partial charge in [-0.05, 0) is 42.7 Å². The van der Waals surface area contributed by atoms with Crippen molar-refractivity contribution in [1.82, 2.24) is 14.8 Å². The van der Waals surface area contributed by atoms with E-state index in [9.17, 15) is 4.79 Å². The van der Waals surface area contributed by atoms with Crippen molar-refractivity contribution in [3.8, 4) is 5.82 Å². The van der Waals surface area contributed by atoms with Crippen molar-refractivity contribution >= 4 is 23.2 Å². The monoisotopic (exact) mass is 354 g/mol. The smallest absolute Gasteiger partial charge is 0.259 e. The van der Waals surface area contributed by atoms with E-state index in [1.807, 2.05) is 51.1 Å². The maximum atomic E-state index is 12.8. The van der Waals surface area contributed by atoms with Gasteiger partial charge in [-0.3, -0.25) is 4.79 Å². The minimum atomic E-state index is -0.239. The van der Waals surface area contributed by atoms with Gasteiger partial charge in [0.2, 0.25) is 0 Å². The summed E-state index contributed by atoms with van der Waals surface area (Å²) >= 11 is 6.22. The molecule has 6 heteroatoms. The average Bonchev–Trinajstić information content (AvgIpc) is 3.03. The van der Waals surface area contributed by atoms with Crippen molar-refractivity contribution in [2.45, 2.75) is 26.7 Å². The number of benzene rings is 1. The van der Waals surface area contributed by atoms with Gasteiger partial charge in [0.15, 0.2) is 5.82 Å². The van der Waals surface area contributed by atoms with E-state index in [4.69, 9.17) is 11.6 Å². The number of nitrogens with one attached hydrogen (secondary N) is 1. The Labute approximate surface area is 151 Å². The summed E-state index contributed by atoms with van der Waals surface area (Å²) in [6.45, 7) is 5.99. The van der Waals surface area contributed by atoms with Crippen LogP contribution in [0.4, 0.5) is 5.69 Å². The molecule has 2 heterocycles. The first kappa shape index (κ1) is 17.2. The van der Waals surface area contributed by atoms with Crippen LogP contribution in [-0.4, -0.2) is 20.7 Å². The molecule has 128 valence electrons. The predicted octanol–water partition coefficient (Wildman–Crippen LogP) is 4.60. The first-order valence-electron chi connectivity index (χ1n) is 8.04. The summed E-state index contributed by atoms with van der Waals surface area (Å²) < 4.78 is 1.70. The molecule has 0 fully saturated rings. The minimum Gasteiger partial charge on any atom is -0.321 e. The molecule has 0 radical (unpaired) electrons. The van der Waals surface area contributed by atoms with Gasteiger partial charge in [-0.25, -0.2) is 9.67 Å². The molecule has 3 aromatic rings. The van der Waals surface area contributed by atoms with E-state index < -0.39 is 0 Å². The zero-order chi connectivity index (χ0) is 18.0. The Kier molecular flexibility index (Phi) is 4.86. The van der Waals surface area contributed by atoms with Gasteiger partial charge in [0.25, 0.3) is 5.91 Å². The van der Waals surface area contributed by atoms with Crippen LogP contribution < -0.4 is 5.32 Å². The van der Waals surface area contributed by atoms with Gasteiger partial charge in [0, 0.05) is 6.20 Å². The Balaban J connectivity index is 1.97. The number of rotatable bonds is 4. The highest BCUT2D eigenvalue weighted by Crippen LogP contribution is 2.26. The van der Waals surface area contributed by atoms with Gasteiger partial charge in [-0.1, -0.05) is 37.6 Å². The molecule has 5 nitrogen and oxygen atoms in total. The summed E-state index contributed by atoms with van der Waals surface area (Å²) in [5, 5.41) is 7.75. The molecule has 0 aliphatic rings. The fraction of sp³-hybridized carbons (Fsp3) is 0.211. The van der Waals surface area contributed by atoms with Crippen molar-refractivity contribution in [3.63, 3.8) is 0 Å². The van der Waals surface area contributed by atoms with Gasteiger partial charge in [-0.2, -0.15) is 5.10 Å².